The van der Waals surface area contributed by atoms with E-state index in [1.807, 2.05) is 32.0 Å². The SMILES string of the molecule is CCCOc1ccc(N2C(=O)NC(=O)/C(=C\c3ccc(OCC(=O)Nc4ccccc4C)c(OC)c3)C2=O)cc1OCC. The third kappa shape index (κ3) is 7.31. The summed E-state index contributed by atoms with van der Waals surface area (Å²) in [6, 6.07) is 15.9. The van der Waals surface area contributed by atoms with Crippen LogP contribution in [0.5, 0.6) is 23.0 Å². The van der Waals surface area contributed by atoms with Crippen molar-refractivity contribution in [2.24, 2.45) is 0 Å². The topological polar surface area (TPSA) is 132 Å². The smallest absolute Gasteiger partial charge is 0.335 e. The molecule has 0 spiro atoms. The van der Waals surface area contributed by atoms with Gasteiger partial charge in [-0.05, 0) is 67.8 Å². The maximum absolute atomic E-state index is 13.5. The van der Waals surface area contributed by atoms with Crippen LogP contribution in [0.15, 0.2) is 66.2 Å². The van der Waals surface area contributed by atoms with E-state index < -0.39 is 17.8 Å². The number of barbiturate groups is 1. The zero-order valence-electron chi connectivity index (χ0n) is 24.4. The van der Waals surface area contributed by atoms with Gasteiger partial charge in [-0.2, -0.15) is 0 Å². The van der Waals surface area contributed by atoms with Crippen molar-refractivity contribution in [1.29, 1.82) is 0 Å². The molecule has 2 N–H and O–H groups in total. The highest BCUT2D eigenvalue weighted by atomic mass is 16.5. The van der Waals surface area contributed by atoms with Gasteiger partial charge < -0.3 is 24.3 Å². The summed E-state index contributed by atoms with van der Waals surface area (Å²) in [6.45, 7) is 6.20. The molecule has 3 aromatic rings. The summed E-state index contributed by atoms with van der Waals surface area (Å²) in [4.78, 5) is 52.2. The van der Waals surface area contributed by atoms with Gasteiger partial charge in [-0.15, -0.1) is 0 Å². The summed E-state index contributed by atoms with van der Waals surface area (Å²) in [6.07, 6.45) is 2.13. The van der Waals surface area contributed by atoms with Gasteiger partial charge in [-0.3, -0.25) is 19.7 Å². The molecule has 1 fully saturated rings. The molecule has 0 unspecified atom stereocenters. The van der Waals surface area contributed by atoms with E-state index in [4.69, 9.17) is 18.9 Å². The molecule has 0 radical (unpaired) electrons. The lowest BCUT2D eigenvalue weighted by Gasteiger charge is -2.27. The van der Waals surface area contributed by atoms with Gasteiger partial charge in [-0.25, -0.2) is 9.69 Å². The fourth-order valence-electron chi connectivity index (χ4n) is 4.23. The number of benzene rings is 3. The average Bonchev–Trinajstić information content (AvgIpc) is 2.99. The fourth-order valence-corrected chi connectivity index (χ4v) is 4.23. The molecule has 43 heavy (non-hydrogen) atoms. The molecule has 0 saturated carbocycles. The fraction of sp³-hybridized carbons (Fsp3) is 0.250. The number of nitrogens with one attached hydrogen (secondary N) is 2. The highest BCUT2D eigenvalue weighted by Crippen LogP contribution is 2.34. The Hall–Kier alpha value is -5.32. The van der Waals surface area contributed by atoms with Crippen molar-refractivity contribution < 1.29 is 38.1 Å². The van der Waals surface area contributed by atoms with Crippen LogP contribution in [0.2, 0.25) is 0 Å². The highest BCUT2D eigenvalue weighted by molar-refractivity contribution is 6.39. The Morgan fingerprint density at radius 3 is 2.37 bits per heavy atom. The first-order chi connectivity index (χ1) is 20.7. The molecule has 1 aliphatic heterocycles. The molecule has 0 atom stereocenters. The first-order valence-electron chi connectivity index (χ1n) is 13.7. The van der Waals surface area contributed by atoms with Crippen molar-refractivity contribution in [3.8, 4) is 23.0 Å². The second-order valence-corrected chi connectivity index (χ2v) is 9.43. The number of nitrogens with zero attached hydrogens (tertiary/aromatic N) is 1. The van der Waals surface area contributed by atoms with Crippen LogP contribution in [0.4, 0.5) is 16.2 Å². The van der Waals surface area contributed by atoms with Crippen molar-refractivity contribution in [3.63, 3.8) is 0 Å². The zero-order chi connectivity index (χ0) is 30.9. The van der Waals surface area contributed by atoms with Gasteiger partial charge in [0.1, 0.15) is 5.57 Å². The number of methoxy groups -OCH3 is 1. The van der Waals surface area contributed by atoms with Gasteiger partial charge in [0, 0.05) is 11.8 Å². The van der Waals surface area contributed by atoms with Crippen LogP contribution in [0.25, 0.3) is 6.08 Å². The van der Waals surface area contributed by atoms with Gasteiger partial charge in [-0.1, -0.05) is 31.2 Å². The molecule has 0 bridgehead atoms. The summed E-state index contributed by atoms with van der Waals surface area (Å²) in [5.74, 6) is -0.602. The number of carbonyl (C=O) groups excluding carboxylic acids is 4. The number of amides is 5. The Morgan fingerprint density at radius 2 is 1.65 bits per heavy atom. The number of imide groups is 2. The van der Waals surface area contributed by atoms with E-state index in [2.05, 4.69) is 10.6 Å². The molecular formula is C32H33N3O8. The van der Waals surface area contributed by atoms with Crippen molar-refractivity contribution >= 4 is 41.2 Å². The molecule has 3 aromatic carbocycles. The minimum absolute atomic E-state index is 0.207. The van der Waals surface area contributed by atoms with Gasteiger partial charge in [0.15, 0.2) is 29.6 Å². The first-order valence-corrected chi connectivity index (χ1v) is 13.7. The Morgan fingerprint density at radius 1 is 0.907 bits per heavy atom. The minimum Gasteiger partial charge on any atom is -0.493 e. The van der Waals surface area contributed by atoms with E-state index in [0.29, 0.717) is 36.0 Å². The van der Waals surface area contributed by atoms with Crippen molar-refractivity contribution in [2.45, 2.75) is 27.2 Å². The van der Waals surface area contributed by atoms with Crippen molar-refractivity contribution in [1.82, 2.24) is 5.32 Å². The number of para-hydroxylation sites is 1. The zero-order valence-corrected chi connectivity index (χ0v) is 24.4. The molecule has 1 heterocycles. The summed E-state index contributed by atoms with van der Waals surface area (Å²) >= 11 is 0. The van der Waals surface area contributed by atoms with Crippen LogP contribution in [0.1, 0.15) is 31.4 Å². The van der Waals surface area contributed by atoms with Gasteiger partial charge in [0.2, 0.25) is 0 Å². The molecule has 1 saturated heterocycles. The lowest BCUT2D eigenvalue weighted by molar-refractivity contribution is -0.122. The molecule has 1 aliphatic rings. The third-order valence-electron chi connectivity index (χ3n) is 6.33. The number of aryl methyl sites for hydroxylation is 1. The van der Waals surface area contributed by atoms with Crippen LogP contribution in [0, 0.1) is 6.92 Å². The molecule has 0 aliphatic carbocycles. The largest absolute Gasteiger partial charge is 0.493 e. The second kappa shape index (κ2) is 14.0. The maximum Gasteiger partial charge on any atom is 0.335 e. The minimum atomic E-state index is -0.887. The third-order valence-corrected chi connectivity index (χ3v) is 6.33. The number of rotatable bonds is 12. The Bertz CT molecular complexity index is 1570. The number of urea groups is 1. The number of carbonyl (C=O) groups is 4. The Labute approximate surface area is 249 Å². The lowest BCUT2D eigenvalue weighted by Crippen LogP contribution is -2.54. The van der Waals surface area contributed by atoms with Crippen molar-refractivity contribution in [2.75, 3.05) is 37.1 Å². The van der Waals surface area contributed by atoms with Gasteiger partial charge in [0.25, 0.3) is 17.7 Å². The maximum atomic E-state index is 13.5. The predicted molar refractivity (Wildman–Crippen MR) is 161 cm³/mol. The Balaban J connectivity index is 1.54. The summed E-state index contributed by atoms with van der Waals surface area (Å²) in [5.41, 5.74) is 1.97. The Kier molecular flexibility index (Phi) is 10.00. The van der Waals surface area contributed by atoms with Gasteiger partial charge in [0.05, 0.1) is 26.0 Å². The van der Waals surface area contributed by atoms with E-state index in [1.54, 1.807) is 43.3 Å². The van der Waals surface area contributed by atoms with Crippen LogP contribution in [0.3, 0.4) is 0 Å². The standard InChI is InChI=1S/C32H33N3O8/c1-5-15-42-26-14-12-22(18-28(26)41-6-2)35-31(38)23(30(37)34-32(35)39)16-21-11-13-25(27(17-21)40-4)43-19-29(36)33-24-10-8-7-9-20(24)3/h7-14,16-18H,5-6,15,19H2,1-4H3,(H,33,36)(H,34,37,39)/b23-16+. The number of hydrogen-bond donors (Lipinski definition) is 2. The predicted octanol–water partition coefficient (Wildman–Crippen LogP) is 4.88. The lowest BCUT2D eigenvalue weighted by atomic mass is 10.1. The molecule has 11 nitrogen and oxygen atoms in total. The quantitative estimate of drug-likeness (QED) is 0.227. The van der Waals surface area contributed by atoms with Crippen LogP contribution in [-0.2, 0) is 14.4 Å². The highest BCUT2D eigenvalue weighted by Gasteiger charge is 2.37. The molecule has 11 heteroatoms. The van der Waals surface area contributed by atoms with Crippen LogP contribution < -0.4 is 34.5 Å². The number of hydrogen-bond acceptors (Lipinski definition) is 8. The molecule has 5 amide bonds. The van der Waals surface area contributed by atoms with E-state index >= 15 is 0 Å². The van der Waals surface area contributed by atoms with E-state index in [-0.39, 0.29) is 35.3 Å². The molecular weight excluding hydrogens is 554 g/mol. The van der Waals surface area contributed by atoms with E-state index in [9.17, 15) is 19.2 Å². The van der Waals surface area contributed by atoms with Crippen molar-refractivity contribution in [3.05, 3.63) is 77.4 Å². The van der Waals surface area contributed by atoms with E-state index in [0.717, 1.165) is 16.9 Å². The normalized spacial score (nSPS) is 13.9. The first kappa shape index (κ1) is 30.6. The van der Waals surface area contributed by atoms with E-state index in [1.165, 1.54) is 19.3 Å². The monoisotopic (exact) mass is 587 g/mol. The molecule has 4 rings (SSSR count). The summed E-state index contributed by atoms with van der Waals surface area (Å²) in [7, 11) is 1.43. The summed E-state index contributed by atoms with van der Waals surface area (Å²) < 4.78 is 22.4. The van der Waals surface area contributed by atoms with Crippen LogP contribution in [-0.4, -0.2) is 50.7 Å². The number of anilines is 2. The molecule has 0 aromatic heterocycles. The molecule has 224 valence electrons. The van der Waals surface area contributed by atoms with Crippen LogP contribution >= 0.6 is 0 Å². The second-order valence-electron chi connectivity index (χ2n) is 9.43. The number of ether oxygens (including phenoxy) is 4. The average molecular weight is 588 g/mol. The van der Waals surface area contributed by atoms with Gasteiger partial charge >= 0.3 is 6.03 Å². The summed E-state index contributed by atoms with van der Waals surface area (Å²) in [5, 5.41) is 5.01.